The van der Waals surface area contributed by atoms with Crippen molar-refractivity contribution < 1.29 is 19.0 Å². The van der Waals surface area contributed by atoms with Crippen molar-refractivity contribution in [3.05, 3.63) is 53.2 Å². The van der Waals surface area contributed by atoms with Gasteiger partial charge in [0.1, 0.15) is 29.5 Å². The van der Waals surface area contributed by atoms with Crippen molar-refractivity contribution in [1.82, 2.24) is 9.88 Å². The summed E-state index contributed by atoms with van der Waals surface area (Å²) >= 11 is 0. The largest absolute Gasteiger partial charge is 0.497 e. The van der Waals surface area contributed by atoms with E-state index in [-0.39, 0.29) is 5.91 Å². The topological polar surface area (TPSA) is 63.8 Å². The van der Waals surface area contributed by atoms with E-state index >= 15 is 0 Å². The Hall–Kier alpha value is -3.15. The summed E-state index contributed by atoms with van der Waals surface area (Å²) in [5.41, 5.74) is 3.57. The highest BCUT2D eigenvalue weighted by atomic mass is 16.5. The van der Waals surface area contributed by atoms with Crippen molar-refractivity contribution in [2.75, 3.05) is 34.4 Å². The van der Waals surface area contributed by atoms with Crippen LogP contribution in [-0.4, -0.2) is 50.2 Å². The number of rotatable bonds is 7. The number of carbonyl (C=O) groups is 1. The van der Waals surface area contributed by atoms with Crippen LogP contribution in [0.5, 0.6) is 17.2 Å². The molecule has 1 amide bonds. The second-order valence-electron chi connectivity index (χ2n) is 6.88. The first-order chi connectivity index (χ1) is 13.4. The second-order valence-corrected chi connectivity index (χ2v) is 6.88. The highest BCUT2D eigenvalue weighted by Gasteiger charge is 2.17. The van der Waals surface area contributed by atoms with Crippen molar-refractivity contribution in [3.63, 3.8) is 0 Å². The molecule has 0 aliphatic rings. The molecule has 0 unspecified atom stereocenters. The van der Waals surface area contributed by atoms with Gasteiger partial charge in [0.25, 0.3) is 5.91 Å². The lowest BCUT2D eigenvalue weighted by Gasteiger charge is -2.17. The van der Waals surface area contributed by atoms with Gasteiger partial charge in [-0.2, -0.15) is 0 Å². The Balaban J connectivity index is 1.69. The molecule has 148 valence electrons. The molecule has 6 heteroatoms. The minimum atomic E-state index is -0.110. The number of nitrogens with zero attached hydrogens (tertiary/aromatic N) is 1. The average molecular weight is 382 g/mol. The maximum atomic E-state index is 12.8. The van der Waals surface area contributed by atoms with Crippen LogP contribution in [0.3, 0.4) is 0 Å². The van der Waals surface area contributed by atoms with Crippen LogP contribution in [0.1, 0.15) is 21.6 Å². The lowest BCUT2D eigenvalue weighted by atomic mass is 10.1. The fourth-order valence-corrected chi connectivity index (χ4v) is 3.20. The number of carbonyl (C=O) groups excluding carboxylic acids is 1. The zero-order valence-corrected chi connectivity index (χ0v) is 17.0. The van der Waals surface area contributed by atoms with Gasteiger partial charge in [-0.3, -0.25) is 4.79 Å². The third-order valence-corrected chi connectivity index (χ3v) is 4.59. The first kappa shape index (κ1) is 19.6. The summed E-state index contributed by atoms with van der Waals surface area (Å²) in [5, 5.41) is 0.861. The third-order valence-electron chi connectivity index (χ3n) is 4.59. The molecule has 6 nitrogen and oxygen atoms in total. The average Bonchev–Trinajstić information content (AvgIpc) is 3.09. The highest BCUT2D eigenvalue weighted by molar-refractivity contribution is 5.99. The number of H-pyrrole nitrogens is 1. The van der Waals surface area contributed by atoms with Gasteiger partial charge in [0, 0.05) is 18.5 Å². The van der Waals surface area contributed by atoms with Crippen molar-refractivity contribution in [2.45, 2.75) is 13.8 Å². The molecule has 0 bridgehead atoms. The summed E-state index contributed by atoms with van der Waals surface area (Å²) in [7, 11) is 4.95. The predicted molar refractivity (Wildman–Crippen MR) is 110 cm³/mol. The molecule has 0 aliphatic carbocycles. The number of amides is 1. The number of benzene rings is 2. The Bertz CT molecular complexity index is 973. The van der Waals surface area contributed by atoms with E-state index in [1.165, 1.54) is 0 Å². The van der Waals surface area contributed by atoms with Crippen LogP contribution >= 0.6 is 0 Å². The lowest BCUT2D eigenvalue weighted by Crippen LogP contribution is -2.31. The van der Waals surface area contributed by atoms with E-state index in [2.05, 4.69) is 11.1 Å². The normalized spacial score (nSPS) is 10.8. The Morgan fingerprint density at radius 3 is 2.32 bits per heavy atom. The van der Waals surface area contributed by atoms with Crippen LogP contribution in [0.2, 0.25) is 0 Å². The molecule has 1 heterocycles. The number of likely N-dealkylation sites (N-methyl/N-ethyl adjacent to an activating group) is 1. The van der Waals surface area contributed by atoms with Gasteiger partial charge in [0.15, 0.2) is 0 Å². The van der Waals surface area contributed by atoms with Crippen molar-refractivity contribution >= 4 is 16.8 Å². The van der Waals surface area contributed by atoms with Crippen molar-refractivity contribution in [3.8, 4) is 17.2 Å². The van der Waals surface area contributed by atoms with Gasteiger partial charge in [0.05, 0.1) is 26.3 Å². The molecular formula is C22H26N2O4. The van der Waals surface area contributed by atoms with Gasteiger partial charge < -0.3 is 24.1 Å². The predicted octanol–water partition coefficient (Wildman–Crippen LogP) is 3.95. The monoisotopic (exact) mass is 382 g/mol. The Labute approximate surface area is 165 Å². The number of aromatic nitrogens is 1. The van der Waals surface area contributed by atoms with E-state index in [0.717, 1.165) is 27.8 Å². The Morgan fingerprint density at radius 2 is 1.68 bits per heavy atom. The fourth-order valence-electron chi connectivity index (χ4n) is 3.20. The number of hydrogen-bond donors (Lipinski definition) is 1. The van der Waals surface area contributed by atoms with Gasteiger partial charge >= 0.3 is 0 Å². The molecule has 0 radical (unpaired) electrons. The van der Waals surface area contributed by atoms with Crippen molar-refractivity contribution in [1.29, 1.82) is 0 Å². The molecule has 28 heavy (non-hydrogen) atoms. The molecule has 1 aromatic heterocycles. The summed E-state index contributed by atoms with van der Waals surface area (Å²) in [4.78, 5) is 17.6. The molecule has 0 spiro atoms. The molecule has 2 aromatic carbocycles. The zero-order chi connectivity index (χ0) is 20.3. The highest BCUT2D eigenvalue weighted by Crippen LogP contribution is 2.31. The third kappa shape index (κ3) is 4.22. The minimum Gasteiger partial charge on any atom is -0.497 e. The number of methoxy groups -OCH3 is 2. The summed E-state index contributed by atoms with van der Waals surface area (Å²) in [6.45, 7) is 4.97. The summed E-state index contributed by atoms with van der Waals surface area (Å²) in [6.07, 6.45) is 0. The van der Waals surface area contributed by atoms with Crippen LogP contribution in [-0.2, 0) is 0 Å². The molecule has 0 aliphatic heterocycles. The SMILES string of the molecule is COc1cc(OC)c2[nH]c(C(=O)N(C)CCOc3cc(C)cc(C)c3)cc2c1. The van der Waals surface area contributed by atoms with Crippen LogP contribution < -0.4 is 14.2 Å². The summed E-state index contributed by atoms with van der Waals surface area (Å²) < 4.78 is 16.5. The maximum Gasteiger partial charge on any atom is 0.270 e. The van der Waals surface area contributed by atoms with E-state index < -0.39 is 0 Å². The Kier molecular flexibility index (Phi) is 5.78. The fraction of sp³-hybridized carbons (Fsp3) is 0.318. The van der Waals surface area contributed by atoms with Gasteiger partial charge in [-0.15, -0.1) is 0 Å². The Morgan fingerprint density at radius 1 is 0.964 bits per heavy atom. The molecule has 3 rings (SSSR count). The van der Waals surface area contributed by atoms with E-state index in [4.69, 9.17) is 14.2 Å². The first-order valence-corrected chi connectivity index (χ1v) is 9.12. The van der Waals surface area contributed by atoms with Gasteiger partial charge in [-0.1, -0.05) is 6.07 Å². The zero-order valence-electron chi connectivity index (χ0n) is 17.0. The second kappa shape index (κ2) is 8.25. The molecule has 0 saturated carbocycles. The molecule has 3 aromatic rings. The number of fused-ring (bicyclic) bond motifs is 1. The van der Waals surface area contributed by atoms with Gasteiger partial charge in [0.2, 0.25) is 0 Å². The number of nitrogens with one attached hydrogen (secondary N) is 1. The number of hydrogen-bond acceptors (Lipinski definition) is 4. The first-order valence-electron chi connectivity index (χ1n) is 9.12. The molecule has 0 saturated heterocycles. The minimum absolute atomic E-state index is 0.110. The van der Waals surface area contributed by atoms with Crippen molar-refractivity contribution in [2.24, 2.45) is 0 Å². The summed E-state index contributed by atoms with van der Waals surface area (Å²) in [5.74, 6) is 2.02. The maximum absolute atomic E-state index is 12.8. The smallest absolute Gasteiger partial charge is 0.270 e. The van der Waals surface area contributed by atoms with Crippen LogP contribution in [0.15, 0.2) is 36.4 Å². The van der Waals surface area contributed by atoms with Crippen LogP contribution in [0.4, 0.5) is 0 Å². The van der Waals surface area contributed by atoms with Crippen LogP contribution in [0.25, 0.3) is 10.9 Å². The molecular weight excluding hydrogens is 356 g/mol. The van der Waals surface area contributed by atoms with E-state index in [9.17, 15) is 4.79 Å². The van der Waals surface area contributed by atoms with E-state index in [1.54, 1.807) is 32.2 Å². The van der Waals surface area contributed by atoms with Gasteiger partial charge in [-0.05, 0) is 49.2 Å². The molecule has 0 fully saturated rings. The molecule has 1 N–H and O–H groups in total. The molecule has 0 atom stereocenters. The van der Waals surface area contributed by atoms with E-state index in [0.29, 0.717) is 30.3 Å². The van der Waals surface area contributed by atoms with E-state index in [1.807, 2.05) is 38.1 Å². The number of aromatic amines is 1. The standard InChI is InChI=1S/C22H26N2O4/c1-14-8-15(2)10-18(9-14)28-7-6-24(3)22(25)19-12-16-11-17(26-4)13-20(27-5)21(16)23-19/h8-13,23H,6-7H2,1-5H3. The number of ether oxygens (including phenoxy) is 3. The lowest BCUT2D eigenvalue weighted by molar-refractivity contribution is 0.0769. The quantitative estimate of drug-likeness (QED) is 0.672. The van der Waals surface area contributed by atoms with Crippen LogP contribution in [0, 0.1) is 13.8 Å². The summed E-state index contributed by atoms with van der Waals surface area (Å²) in [6, 6.07) is 11.5. The van der Waals surface area contributed by atoms with Gasteiger partial charge in [-0.25, -0.2) is 0 Å². The number of aryl methyl sites for hydroxylation is 2.